The molecule has 100 valence electrons. The van der Waals surface area contributed by atoms with Gasteiger partial charge in [-0.25, -0.2) is 0 Å². The summed E-state index contributed by atoms with van der Waals surface area (Å²) in [6, 6.07) is 6.08. The summed E-state index contributed by atoms with van der Waals surface area (Å²) >= 11 is 0. The lowest BCUT2D eigenvalue weighted by atomic mass is 9.89. The molecular weight excluding hydrogens is 226 g/mol. The van der Waals surface area contributed by atoms with E-state index in [1.807, 2.05) is 12.1 Å². The molecular formula is C15H23NO2. The molecule has 1 unspecified atom stereocenters. The Morgan fingerprint density at radius 2 is 2.22 bits per heavy atom. The number of benzene rings is 1. The van der Waals surface area contributed by atoms with Crippen LogP contribution in [0.15, 0.2) is 18.2 Å². The molecule has 0 saturated carbocycles. The van der Waals surface area contributed by atoms with Gasteiger partial charge in [0.15, 0.2) is 0 Å². The van der Waals surface area contributed by atoms with Crippen molar-refractivity contribution in [3.8, 4) is 5.75 Å². The zero-order valence-corrected chi connectivity index (χ0v) is 11.4. The maximum atomic E-state index is 9.88. The average Bonchev–Trinajstić information content (AvgIpc) is 2.35. The summed E-state index contributed by atoms with van der Waals surface area (Å²) in [6.45, 7) is 1.79. The summed E-state index contributed by atoms with van der Waals surface area (Å²) in [6.07, 6.45) is 3.76. The molecule has 1 aliphatic carbocycles. The summed E-state index contributed by atoms with van der Waals surface area (Å²) in [7, 11) is 4.14. The van der Waals surface area contributed by atoms with Crippen LogP contribution in [0, 0.1) is 0 Å². The van der Waals surface area contributed by atoms with Crippen LogP contribution < -0.4 is 4.74 Å². The molecule has 1 aromatic rings. The lowest BCUT2D eigenvalue weighted by Crippen LogP contribution is -2.15. The third kappa shape index (κ3) is 3.47. The van der Waals surface area contributed by atoms with Gasteiger partial charge in [-0.05, 0) is 63.0 Å². The van der Waals surface area contributed by atoms with E-state index < -0.39 is 0 Å². The Kier molecular flexibility index (Phi) is 4.61. The quantitative estimate of drug-likeness (QED) is 0.813. The summed E-state index contributed by atoms with van der Waals surface area (Å²) in [5.41, 5.74) is 2.33. The van der Waals surface area contributed by atoms with Gasteiger partial charge in [0.1, 0.15) is 5.75 Å². The standard InChI is InChI=1S/C15H23NO2/c1-16(2)9-4-10-18-13-7-8-14-12(11-13)5-3-6-15(14)17/h7-8,11,15,17H,3-6,9-10H2,1-2H3. The largest absolute Gasteiger partial charge is 0.494 e. The van der Waals surface area contributed by atoms with Crippen molar-refractivity contribution in [1.82, 2.24) is 4.90 Å². The van der Waals surface area contributed by atoms with Crippen molar-refractivity contribution in [2.45, 2.75) is 31.8 Å². The Hall–Kier alpha value is -1.06. The van der Waals surface area contributed by atoms with Gasteiger partial charge < -0.3 is 14.7 Å². The van der Waals surface area contributed by atoms with E-state index in [1.54, 1.807) is 0 Å². The number of aliphatic hydroxyl groups excluding tert-OH is 1. The summed E-state index contributed by atoms with van der Waals surface area (Å²) in [5.74, 6) is 0.932. The topological polar surface area (TPSA) is 32.7 Å². The molecule has 18 heavy (non-hydrogen) atoms. The molecule has 0 saturated heterocycles. The third-order valence-electron chi connectivity index (χ3n) is 3.42. The first-order valence-corrected chi connectivity index (χ1v) is 6.75. The van der Waals surface area contributed by atoms with Gasteiger partial charge in [-0.1, -0.05) is 6.07 Å². The number of ether oxygens (including phenoxy) is 1. The molecule has 1 N–H and O–H groups in total. The molecule has 0 heterocycles. The van der Waals surface area contributed by atoms with Gasteiger partial charge in [-0.2, -0.15) is 0 Å². The maximum Gasteiger partial charge on any atom is 0.119 e. The van der Waals surface area contributed by atoms with E-state index in [0.29, 0.717) is 0 Å². The Bertz CT molecular complexity index is 390. The zero-order chi connectivity index (χ0) is 13.0. The molecule has 3 heteroatoms. The zero-order valence-electron chi connectivity index (χ0n) is 11.4. The van der Waals surface area contributed by atoms with Gasteiger partial charge >= 0.3 is 0 Å². The molecule has 3 nitrogen and oxygen atoms in total. The van der Waals surface area contributed by atoms with Gasteiger partial charge in [0.25, 0.3) is 0 Å². The van der Waals surface area contributed by atoms with Crippen molar-refractivity contribution < 1.29 is 9.84 Å². The van der Waals surface area contributed by atoms with Crippen molar-refractivity contribution in [1.29, 1.82) is 0 Å². The summed E-state index contributed by atoms with van der Waals surface area (Å²) in [4.78, 5) is 2.16. The fraction of sp³-hybridized carbons (Fsp3) is 0.600. The van der Waals surface area contributed by atoms with Crippen LogP contribution in [0.1, 0.15) is 36.5 Å². The highest BCUT2D eigenvalue weighted by molar-refractivity contribution is 5.38. The minimum absolute atomic E-state index is 0.281. The van der Waals surface area contributed by atoms with Crippen LogP contribution in [0.3, 0.4) is 0 Å². The Morgan fingerprint density at radius 1 is 1.39 bits per heavy atom. The number of aliphatic hydroxyl groups is 1. The Morgan fingerprint density at radius 3 is 3.00 bits per heavy atom. The SMILES string of the molecule is CN(C)CCCOc1ccc2c(c1)CCCC2O. The van der Waals surface area contributed by atoms with E-state index in [4.69, 9.17) is 4.74 Å². The number of nitrogens with zero attached hydrogens (tertiary/aromatic N) is 1. The normalized spacial score (nSPS) is 18.8. The minimum atomic E-state index is -0.281. The number of fused-ring (bicyclic) bond motifs is 1. The van der Waals surface area contributed by atoms with E-state index in [-0.39, 0.29) is 6.10 Å². The highest BCUT2D eigenvalue weighted by Crippen LogP contribution is 2.31. The highest BCUT2D eigenvalue weighted by atomic mass is 16.5. The predicted octanol–water partition coefficient (Wildman–Crippen LogP) is 2.39. The third-order valence-corrected chi connectivity index (χ3v) is 3.42. The Balaban J connectivity index is 1.90. The molecule has 0 bridgehead atoms. The molecule has 1 aliphatic rings. The van der Waals surface area contributed by atoms with E-state index in [2.05, 4.69) is 25.1 Å². The maximum absolute atomic E-state index is 9.88. The van der Waals surface area contributed by atoms with Crippen molar-refractivity contribution >= 4 is 0 Å². The van der Waals surface area contributed by atoms with Gasteiger partial charge in [0.2, 0.25) is 0 Å². The fourth-order valence-electron chi connectivity index (χ4n) is 2.43. The van der Waals surface area contributed by atoms with Crippen LogP contribution in [-0.4, -0.2) is 37.3 Å². The van der Waals surface area contributed by atoms with Crippen LogP contribution >= 0.6 is 0 Å². The first-order chi connectivity index (χ1) is 8.66. The number of hydrogen-bond acceptors (Lipinski definition) is 3. The molecule has 0 fully saturated rings. The van der Waals surface area contributed by atoms with Crippen molar-refractivity contribution in [3.05, 3.63) is 29.3 Å². The van der Waals surface area contributed by atoms with E-state index in [9.17, 15) is 5.11 Å². The van der Waals surface area contributed by atoms with E-state index in [0.717, 1.165) is 50.1 Å². The number of aryl methyl sites for hydroxylation is 1. The molecule has 1 atom stereocenters. The van der Waals surface area contributed by atoms with Gasteiger partial charge in [0, 0.05) is 6.54 Å². The van der Waals surface area contributed by atoms with Crippen LogP contribution in [0.25, 0.3) is 0 Å². The molecule has 2 rings (SSSR count). The smallest absolute Gasteiger partial charge is 0.119 e. The van der Waals surface area contributed by atoms with E-state index >= 15 is 0 Å². The number of rotatable bonds is 5. The fourth-order valence-corrected chi connectivity index (χ4v) is 2.43. The van der Waals surface area contributed by atoms with Crippen LogP contribution in [0.4, 0.5) is 0 Å². The van der Waals surface area contributed by atoms with Gasteiger partial charge in [0.05, 0.1) is 12.7 Å². The van der Waals surface area contributed by atoms with Gasteiger partial charge in [-0.15, -0.1) is 0 Å². The minimum Gasteiger partial charge on any atom is -0.494 e. The molecule has 0 aromatic heterocycles. The lowest BCUT2D eigenvalue weighted by molar-refractivity contribution is 0.156. The first kappa shape index (κ1) is 13.4. The molecule has 0 spiro atoms. The summed E-state index contributed by atoms with van der Waals surface area (Å²) < 4.78 is 5.75. The number of hydrogen-bond donors (Lipinski definition) is 1. The molecule has 1 aromatic carbocycles. The monoisotopic (exact) mass is 249 g/mol. The second kappa shape index (κ2) is 6.21. The van der Waals surface area contributed by atoms with Gasteiger partial charge in [-0.3, -0.25) is 0 Å². The highest BCUT2D eigenvalue weighted by Gasteiger charge is 2.17. The van der Waals surface area contributed by atoms with Crippen LogP contribution in [0.2, 0.25) is 0 Å². The summed E-state index contributed by atoms with van der Waals surface area (Å²) in [5, 5.41) is 9.88. The van der Waals surface area contributed by atoms with E-state index in [1.165, 1.54) is 5.56 Å². The molecule has 0 aliphatic heterocycles. The van der Waals surface area contributed by atoms with Crippen molar-refractivity contribution in [3.63, 3.8) is 0 Å². The second-order valence-electron chi connectivity index (χ2n) is 5.27. The van der Waals surface area contributed by atoms with Crippen LogP contribution in [0.5, 0.6) is 5.75 Å². The second-order valence-corrected chi connectivity index (χ2v) is 5.27. The van der Waals surface area contributed by atoms with Crippen molar-refractivity contribution in [2.24, 2.45) is 0 Å². The lowest BCUT2D eigenvalue weighted by Gasteiger charge is -2.22. The Labute approximate surface area is 109 Å². The molecule has 0 amide bonds. The average molecular weight is 249 g/mol. The first-order valence-electron chi connectivity index (χ1n) is 6.75. The molecule has 0 radical (unpaired) electrons. The predicted molar refractivity (Wildman–Crippen MR) is 73.0 cm³/mol. The van der Waals surface area contributed by atoms with Crippen LogP contribution in [-0.2, 0) is 6.42 Å². The van der Waals surface area contributed by atoms with Crippen molar-refractivity contribution in [2.75, 3.05) is 27.2 Å².